The molecule has 0 aliphatic heterocycles. The molecule has 0 amide bonds. The smallest absolute Gasteiger partial charge is 0.134 e. The molecule has 1 heterocycles. The fourth-order valence-corrected chi connectivity index (χ4v) is 2.84. The number of hydrogen-bond acceptors (Lipinski definition) is 2. The van der Waals surface area contributed by atoms with Crippen LogP contribution < -0.4 is 0 Å². The fraction of sp³-hybridized carbons (Fsp3) is 0.286. The Morgan fingerprint density at radius 3 is 2.76 bits per heavy atom. The van der Waals surface area contributed by atoms with E-state index in [1.807, 2.05) is 19.1 Å². The second kappa shape index (κ2) is 4.49. The van der Waals surface area contributed by atoms with Crippen LogP contribution >= 0.6 is 0 Å². The average molecular weight is 248 g/mol. The highest BCUT2D eigenvalue weighted by molar-refractivity contribution is 7.84. The maximum Gasteiger partial charge on any atom is 0.134 e. The molecule has 0 saturated heterocycles. The van der Waals surface area contributed by atoms with Crippen LogP contribution in [0.3, 0.4) is 0 Å². The quantitative estimate of drug-likeness (QED) is 0.833. The summed E-state index contributed by atoms with van der Waals surface area (Å²) in [4.78, 5) is 0. The van der Waals surface area contributed by atoms with Crippen molar-refractivity contribution in [1.29, 1.82) is 0 Å². The largest absolute Gasteiger partial charge is 0.464 e. The van der Waals surface area contributed by atoms with Crippen LogP contribution in [0.1, 0.15) is 16.7 Å². The molecule has 0 aliphatic rings. The molecule has 17 heavy (non-hydrogen) atoms. The molecule has 0 radical (unpaired) electrons. The van der Waals surface area contributed by atoms with Crippen LogP contribution in [-0.4, -0.2) is 16.2 Å². The molecular formula is C14H16O2S. The molecule has 2 rings (SSSR count). The van der Waals surface area contributed by atoms with Gasteiger partial charge in [0.15, 0.2) is 0 Å². The Labute approximate surface area is 104 Å². The molecule has 90 valence electrons. The molecule has 0 spiro atoms. The summed E-state index contributed by atoms with van der Waals surface area (Å²) in [6.45, 7) is 8.11. The van der Waals surface area contributed by atoms with Crippen LogP contribution in [0.5, 0.6) is 0 Å². The minimum atomic E-state index is -0.857. The molecule has 0 N–H and O–H groups in total. The van der Waals surface area contributed by atoms with Crippen LogP contribution in [0, 0.1) is 13.8 Å². The van der Waals surface area contributed by atoms with E-state index in [1.165, 1.54) is 0 Å². The van der Waals surface area contributed by atoms with E-state index < -0.39 is 10.8 Å². The standard InChI is InChI=1S/C14H16O2S/c1-9-7-16-13-6-5-12(11(3)14(9)13)10(2)8-17(4)15/h5-7H,2,8H2,1,3-4H3. The van der Waals surface area contributed by atoms with Crippen molar-refractivity contribution in [3.05, 3.63) is 41.7 Å². The van der Waals surface area contributed by atoms with Gasteiger partial charge in [-0.1, -0.05) is 12.6 Å². The Morgan fingerprint density at radius 1 is 1.41 bits per heavy atom. The van der Waals surface area contributed by atoms with Crippen LogP contribution in [0.4, 0.5) is 0 Å². The topological polar surface area (TPSA) is 30.2 Å². The molecule has 0 saturated carbocycles. The predicted molar refractivity (Wildman–Crippen MR) is 73.7 cm³/mol. The highest BCUT2D eigenvalue weighted by atomic mass is 32.2. The molecular weight excluding hydrogens is 232 g/mol. The average Bonchev–Trinajstić information content (AvgIpc) is 2.60. The van der Waals surface area contributed by atoms with E-state index in [0.717, 1.165) is 33.2 Å². The summed E-state index contributed by atoms with van der Waals surface area (Å²) in [6, 6.07) is 3.95. The lowest BCUT2D eigenvalue weighted by Gasteiger charge is -2.09. The zero-order valence-corrected chi connectivity index (χ0v) is 11.2. The van der Waals surface area contributed by atoms with Gasteiger partial charge >= 0.3 is 0 Å². The first-order chi connectivity index (χ1) is 8.00. The lowest BCUT2D eigenvalue weighted by Crippen LogP contribution is -1.99. The highest BCUT2D eigenvalue weighted by Crippen LogP contribution is 2.29. The Morgan fingerprint density at radius 2 is 2.12 bits per heavy atom. The van der Waals surface area contributed by atoms with Crippen LogP contribution in [0.15, 0.2) is 29.4 Å². The minimum Gasteiger partial charge on any atom is -0.464 e. The second-order valence-electron chi connectivity index (χ2n) is 4.35. The third-order valence-electron chi connectivity index (χ3n) is 2.94. The van der Waals surface area contributed by atoms with Gasteiger partial charge in [-0.2, -0.15) is 0 Å². The Kier molecular flexibility index (Phi) is 3.20. The van der Waals surface area contributed by atoms with Gasteiger partial charge in [-0.25, -0.2) is 0 Å². The summed E-state index contributed by atoms with van der Waals surface area (Å²) in [6.07, 6.45) is 3.46. The van der Waals surface area contributed by atoms with Crippen LogP contribution in [-0.2, 0) is 10.8 Å². The van der Waals surface area contributed by atoms with Crippen LogP contribution in [0.2, 0.25) is 0 Å². The third-order valence-corrected chi connectivity index (χ3v) is 3.70. The summed E-state index contributed by atoms with van der Waals surface area (Å²) >= 11 is 0. The molecule has 0 fully saturated rings. The molecule has 1 aromatic heterocycles. The molecule has 3 heteroatoms. The molecule has 1 unspecified atom stereocenters. The van der Waals surface area contributed by atoms with E-state index in [9.17, 15) is 4.21 Å². The van der Waals surface area contributed by atoms with Gasteiger partial charge in [0.25, 0.3) is 0 Å². The zero-order chi connectivity index (χ0) is 12.6. The van der Waals surface area contributed by atoms with Crippen molar-refractivity contribution in [2.45, 2.75) is 13.8 Å². The fourth-order valence-electron chi connectivity index (χ4n) is 2.19. The highest BCUT2D eigenvalue weighted by Gasteiger charge is 2.11. The molecule has 1 atom stereocenters. The normalized spacial score (nSPS) is 12.9. The monoisotopic (exact) mass is 248 g/mol. The number of hydrogen-bond donors (Lipinski definition) is 0. The Balaban J connectivity index is 2.55. The Hall–Kier alpha value is -1.35. The predicted octanol–water partition coefficient (Wildman–Crippen LogP) is 3.44. The summed E-state index contributed by atoms with van der Waals surface area (Å²) in [5.41, 5.74) is 5.19. The summed E-state index contributed by atoms with van der Waals surface area (Å²) in [5, 5.41) is 1.14. The van der Waals surface area contributed by atoms with Gasteiger partial charge in [0.1, 0.15) is 5.58 Å². The molecule has 2 nitrogen and oxygen atoms in total. The van der Waals surface area contributed by atoms with Gasteiger partial charge in [-0.05, 0) is 42.2 Å². The van der Waals surface area contributed by atoms with Crippen LogP contribution in [0.25, 0.3) is 16.5 Å². The first-order valence-corrected chi connectivity index (χ1v) is 7.19. The van der Waals surface area contributed by atoms with E-state index in [1.54, 1.807) is 12.5 Å². The number of rotatable bonds is 3. The minimum absolute atomic E-state index is 0.517. The molecule has 0 bridgehead atoms. The summed E-state index contributed by atoms with van der Waals surface area (Å²) in [5.74, 6) is 0.517. The van der Waals surface area contributed by atoms with Crippen molar-refractivity contribution in [2.24, 2.45) is 0 Å². The SMILES string of the molecule is C=C(CS(C)=O)c1ccc2occ(C)c2c1C. The first kappa shape index (κ1) is 12.1. The van der Waals surface area contributed by atoms with E-state index >= 15 is 0 Å². The first-order valence-electron chi connectivity index (χ1n) is 5.46. The second-order valence-corrected chi connectivity index (χ2v) is 5.79. The van der Waals surface area contributed by atoms with Crippen molar-refractivity contribution in [3.8, 4) is 0 Å². The van der Waals surface area contributed by atoms with Gasteiger partial charge in [0, 0.05) is 28.2 Å². The van der Waals surface area contributed by atoms with Gasteiger partial charge in [0.05, 0.1) is 6.26 Å². The van der Waals surface area contributed by atoms with E-state index in [0.29, 0.717) is 5.75 Å². The molecule has 2 aromatic rings. The lowest BCUT2D eigenvalue weighted by atomic mass is 9.98. The Bertz CT molecular complexity index is 608. The number of furan rings is 1. The van der Waals surface area contributed by atoms with E-state index in [2.05, 4.69) is 13.5 Å². The zero-order valence-electron chi connectivity index (χ0n) is 10.4. The van der Waals surface area contributed by atoms with Crippen molar-refractivity contribution >= 4 is 27.3 Å². The maximum atomic E-state index is 11.3. The molecule has 1 aromatic carbocycles. The molecule has 0 aliphatic carbocycles. The van der Waals surface area contributed by atoms with Crippen molar-refractivity contribution in [3.63, 3.8) is 0 Å². The summed E-state index contributed by atoms with van der Waals surface area (Å²) < 4.78 is 16.7. The maximum absolute atomic E-state index is 11.3. The summed E-state index contributed by atoms with van der Waals surface area (Å²) in [7, 11) is -0.857. The van der Waals surface area contributed by atoms with E-state index in [-0.39, 0.29) is 0 Å². The third kappa shape index (κ3) is 2.20. The number of aryl methyl sites for hydroxylation is 2. The van der Waals surface area contributed by atoms with Crippen molar-refractivity contribution < 1.29 is 8.63 Å². The van der Waals surface area contributed by atoms with E-state index in [4.69, 9.17) is 4.42 Å². The number of fused-ring (bicyclic) bond motifs is 1. The van der Waals surface area contributed by atoms with Gasteiger partial charge in [-0.3, -0.25) is 4.21 Å². The lowest BCUT2D eigenvalue weighted by molar-refractivity contribution is 0.613. The van der Waals surface area contributed by atoms with Crippen molar-refractivity contribution in [1.82, 2.24) is 0 Å². The van der Waals surface area contributed by atoms with Gasteiger partial charge in [0.2, 0.25) is 0 Å². The number of benzene rings is 1. The van der Waals surface area contributed by atoms with Gasteiger partial charge in [-0.15, -0.1) is 0 Å². The van der Waals surface area contributed by atoms with Gasteiger partial charge < -0.3 is 4.42 Å². The van der Waals surface area contributed by atoms with Crippen molar-refractivity contribution in [2.75, 3.05) is 12.0 Å².